The first-order valence-electron chi connectivity index (χ1n) is 9.49. The molecule has 0 radical (unpaired) electrons. The van der Waals surface area contributed by atoms with Crippen LogP contribution in [0.4, 0.5) is 5.69 Å². The monoisotopic (exact) mass is 416 g/mol. The highest BCUT2D eigenvalue weighted by Crippen LogP contribution is 2.19. The quantitative estimate of drug-likeness (QED) is 0.670. The van der Waals surface area contributed by atoms with Crippen LogP contribution in [0.15, 0.2) is 59.5 Å². The second-order valence-corrected chi connectivity index (χ2v) is 8.93. The van der Waals surface area contributed by atoms with Crippen molar-refractivity contribution >= 4 is 27.4 Å². The summed E-state index contributed by atoms with van der Waals surface area (Å²) in [5.74, 6) is -1.22. The number of nitrogens with zero attached hydrogens (tertiary/aromatic N) is 2. The maximum absolute atomic E-state index is 12.4. The first kappa shape index (κ1) is 20.9. The minimum atomic E-state index is -3.57. The van der Waals surface area contributed by atoms with E-state index in [1.165, 1.54) is 19.1 Å². The third-order valence-electron chi connectivity index (χ3n) is 4.90. The molecule has 29 heavy (non-hydrogen) atoms. The van der Waals surface area contributed by atoms with Crippen molar-refractivity contribution in [2.45, 2.75) is 11.8 Å². The largest absolute Gasteiger partial charge is 0.452 e. The topological polar surface area (TPSA) is 84.0 Å². The van der Waals surface area contributed by atoms with Crippen molar-refractivity contribution in [2.75, 3.05) is 43.4 Å². The molecule has 3 rings (SSSR count). The van der Waals surface area contributed by atoms with Gasteiger partial charge in [0.2, 0.25) is 0 Å². The number of carbonyl (C=O) groups is 2. The predicted molar refractivity (Wildman–Crippen MR) is 110 cm³/mol. The van der Waals surface area contributed by atoms with Gasteiger partial charge in [-0.15, -0.1) is 0 Å². The zero-order valence-electron chi connectivity index (χ0n) is 16.3. The van der Waals surface area contributed by atoms with Crippen molar-refractivity contribution in [2.24, 2.45) is 0 Å². The molecule has 0 spiro atoms. The standard InChI is InChI=1S/C21H24N2O5S/c1-2-29(26,27)19-11-7-6-10-18(19)21(25)28-16-20(24)23-14-12-22(13-15-23)17-8-4-3-5-9-17/h3-11H,2,12-16H2,1H3. The van der Waals surface area contributed by atoms with Crippen LogP contribution >= 0.6 is 0 Å². The Bertz CT molecular complexity index is 968. The zero-order chi connectivity index (χ0) is 20.9. The number of para-hydroxylation sites is 1. The van der Waals surface area contributed by atoms with Crippen molar-refractivity contribution < 1.29 is 22.7 Å². The van der Waals surface area contributed by atoms with E-state index >= 15 is 0 Å². The molecule has 1 fully saturated rings. The zero-order valence-corrected chi connectivity index (χ0v) is 17.1. The maximum atomic E-state index is 12.4. The van der Waals surface area contributed by atoms with Crippen LogP contribution < -0.4 is 4.90 Å². The van der Waals surface area contributed by atoms with Crippen LogP contribution in [0.3, 0.4) is 0 Å². The Morgan fingerprint density at radius 3 is 2.21 bits per heavy atom. The van der Waals surface area contributed by atoms with E-state index in [9.17, 15) is 18.0 Å². The van der Waals surface area contributed by atoms with Crippen LogP contribution in [0.2, 0.25) is 0 Å². The Labute approximate surface area is 170 Å². The Hall–Kier alpha value is -2.87. The third-order valence-corrected chi connectivity index (χ3v) is 6.69. The van der Waals surface area contributed by atoms with Gasteiger partial charge in [0.25, 0.3) is 5.91 Å². The predicted octanol–water partition coefficient (Wildman–Crippen LogP) is 1.99. The summed E-state index contributed by atoms with van der Waals surface area (Å²) in [6.07, 6.45) is 0. The van der Waals surface area contributed by atoms with E-state index in [2.05, 4.69) is 4.90 Å². The fourth-order valence-electron chi connectivity index (χ4n) is 3.21. The normalized spacial score (nSPS) is 14.5. The summed E-state index contributed by atoms with van der Waals surface area (Å²) in [6, 6.07) is 15.9. The fourth-order valence-corrected chi connectivity index (χ4v) is 4.29. The molecule has 1 saturated heterocycles. The second kappa shape index (κ2) is 9.09. The maximum Gasteiger partial charge on any atom is 0.339 e. The molecule has 1 amide bonds. The molecule has 0 aromatic heterocycles. The van der Waals surface area contributed by atoms with Gasteiger partial charge in [0.1, 0.15) is 0 Å². The third kappa shape index (κ3) is 4.95. The van der Waals surface area contributed by atoms with Crippen LogP contribution in [0, 0.1) is 0 Å². The molecule has 2 aromatic rings. The molecule has 7 nitrogen and oxygen atoms in total. The van der Waals surface area contributed by atoms with Crippen molar-refractivity contribution in [3.63, 3.8) is 0 Å². The molecule has 2 aromatic carbocycles. The number of hydrogen-bond donors (Lipinski definition) is 0. The number of ether oxygens (including phenoxy) is 1. The number of anilines is 1. The van der Waals surface area contributed by atoms with E-state index in [0.29, 0.717) is 26.2 Å². The molecule has 8 heteroatoms. The molecular formula is C21H24N2O5S. The van der Waals surface area contributed by atoms with E-state index in [0.717, 1.165) is 5.69 Å². The number of amides is 1. The lowest BCUT2D eigenvalue weighted by Crippen LogP contribution is -2.49. The minimum absolute atomic E-state index is 0.0453. The number of rotatable bonds is 6. The van der Waals surface area contributed by atoms with Gasteiger partial charge in [0.05, 0.1) is 16.2 Å². The number of hydrogen-bond acceptors (Lipinski definition) is 6. The van der Waals surface area contributed by atoms with E-state index < -0.39 is 22.4 Å². The Kier molecular flexibility index (Phi) is 6.53. The number of piperazine rings is 1. The van der Waals surface area contributed by atoms with E-state index in [4.69, 9.17) is 4.74 Å². The lowest BCUT2D eigenvalue weighted by Gasteiger charge is -2.36. The van der Waals surface area contributed by atoms with Gasteiger partial charge < -0.3 is 14.5 Å². The number of benzene rings is 2. The van der Waals surface area contributed by atoms with Crippen molar-refractivity contribution in [1.29, 1.82) is 0 Å². The first-order chi connectivity index (χ1) is 13.9. The summed E-state index contributed by atoms with van der Waals surface area (Å²) in [5, 5.41) is 0. The van der Waals surface area contributed by atoms with E-state index in [1.54, 1.807) is 17.0 Å². The molecule has 0 atom stereocenters. The van der Waals surface area contributed by atoms with Gasteiger partial charge in [-0.3, -0.25) is 4.79 Å². The lowest BCUT2D eigenvalue weighted by atomic mass is 10.2. The van der Waals surface area contributed by atoms with Crippen LogP contribution in [-0.2, 0) is 19.4 Å². The van der Waals surface area contributed by atoms with Gasteiger partial charge in [-0.05, 0) is 24.3 Å². The van der Waals surface area contributed by atoms with Gasteiger partial charge in [0.15, 0.2) is 16.4 Å². The van der Waals surface area contributed by atoms with Crippen LogP contribution in [-0.4, -0.2) is 63.7 Å². The highest BCUT2D eigenvalue weighted by molar-refractivity contribution is 7.91. The smallest absolute Gasteiger partial charge is 0.339 e. The molecular weight excluding hydrogens is 392 g/mol. The SMILES string of the molecule is CCS(=O)(=O)c1ccccc1C(=O)OCC(=O)N1CCN(c2ccccc2)CC1. The summed E-state index contributed by atoms with van der Waals surface area (Å²) < 4.78 is 29.5. The van der Waals surface area contributed by atoms with Crippen LogP contribution in [0.1, 0.15) is 17.3 Å². The summed E-state index contributed by atoms with van der Waals surface area (Å²) in [4.78, 5) is 28.6. The lowest BCUT2D eigenvalue weighted by molar-refractivity contribution is -0.134. The van der Waals surface area contributed by atoms with Crippen LogP contribution in [0.5, 0.6) is 0 Å². The minimum Gasteiger partial charge on any atom is -0.452 e. The fraction of sp³-hybridized carbons (Fsp3) is 0.333. The van der Waals surface area contributed by atoms with Gasteiger partial charge in [0, 0.05) is 31.9 Å². The Balaban J connectivity index is 1.56. The summed E-state index contributed by atoms with van der Waals surface area (Å²) in [5.41, 5.74) is 1.07. The van der Waals surface area contributed by atoms with Gasteiger partial charge in [-0.25, -0.2) is 13.2 Å². The summed E-state index contributed by atoms with van der Waals surface area (Å²) in [7, 11) is -3.57. The van der Waals surface area contributed by atoms with Gasteiger partial charge in [-0.1, -0.05) is 37.3 Å². The molecule has 1 aliphatic heterocycles. The molecule has 0 N–H and O–H groups in total. The second-order valence-electron chi connectivity index (χ2n) is 6.68. The van der Waals surface area contributed by atoms with Gasteiger partial charge in [-0.2, -0.15) is 0 Å². The molecule has 1 aliphatic rings. The summed E-state index contributed by atoms with van der Waals surface area (Å²) in [6.45, 7) is 3.56. The number of sulfone groups is 1. The summed E-state index contributed by atoms with van der Waals surface area (Å²) >= 11 is 0. The molecule has 0 unspecified atom stereocenters. The highest BCUT2D eigenvalue weighted by atomic mass is 32.2. The molecule has 0 bridgehead atoms. The van der Waals surface area contributed by atoms with Crippen molar-refractivity contribution in [3.8, 4) is 0 Å². The number of esters is 1. The number of carbonyl (C=O) groups excluding carboxylic acids is 2. The van der Waals surface area contributed by atoms with E-state index in [1.807, 2.05) is 30.3 Å². The Morgan fingerprint density at radius 2 is 1.55 bits per heavy atom. The average Bonchev–Trinajstić information content (AvgIpc) is 2.78. The van der Waals surface area contributed by atoms with Crippen LogP contribution in [0.25, 0.3) is 0 Å². The van der Waals surface area contributed by atoms with Crippen molar-refractivity contribution in [1.82, 2.24) is 4.90 Å². The first-order valence-corrected chi connectivity index (χ1v) is 11.1. The molecule has 154 valence electrons. The van der Waals surface area contributed by atoms with Crippen molar-refractivity contribution in [3.05, 3.63) is 60.2 Å². The van der Waals surface area contributed by atoms with E-state index in [-0.39, 0.29) is 22.1 Å². The average molecular weight is 416 g/mol. The molecule has 0 saturated carbocycles. The highest BCUT2D eigenvalue weighted by Gasteiger charge is 2.25. The van der Waals surface area contributed by atoms with Gasteiger partial charge >= 0.3 is 5.97 Å². The molecule has 1 heterocycles. The molecule has 0 aliphatic carbocycles. The Morgan fingerprint density at radius 1 is 0.931 bits per heavy atom.